The fraction of sp³-hybridized carbons (Fsp3) is 0.267. The zero-order chi connectivity index (χ0) is 12.3. The van der Waals surface area contributed by atoms with E-state index in [0.717, 1.165) is 16.7 Å². The summed E-state index contributed by atoms with van der Waals surface area (Å²) in [5.74, 6) is 0. The van der Waals surface area contributed by atoms with Gasteiger partial charge >= 0.3 is 0 Å². The maximum Gasteiger partial charge on any atom is 0.0833 e. The number of hydrogen-bond donors (Lipinski definition) is 1. The Hall–Kier alpha value is -1.67. The molecule has 1 aromatic carbocycles. The summed E-state index contributed by atoms with van der Waals surface area (Å²) in [6, 6.07) is 10.0. The van der Waals surface area contributed by atoms with Crippen molar-refractivity contribution in [2.75, 3.05) is 0 Å². The van der Waals surface area contributed by atoms with E-state index < -0.39 is 6.10 Å². The molecule has 0 fully saturated rings. The van der Waals surface area contributed by atoms with E-state index in [0.29, 0.717) is 6.42 Å². The van der Waals surface area contributed by atoms with Gasteiger partial charge in [0.2, 0.25) is 0 Å². The lowest BCUT2D eigenvalue weighted by Gasteiger charge is -2.14. The largest absolute Gasteiger partial charge is 0.388 e. The van der Waals surface area contributed by atoms with Crippen LogP contribution in [-0.2, 0) is 6.42 Å². The molecule has 1 aromatic heterocycles. The minimum atomic E-state index is -0.459. The monoisotopic (exact) mass is 227 g/mol. The van der Waals surface area contributed by atoms with Gasteiger partial charge in [-0.05, 0) is 36.6 Å². The van der Waals surface area contributed by atoms with Crippen molar-refractivity contribution >= 4 is 0 Å². The van der Waals surface area contributed by atoms with Crippen molar-refractivity contribution in [1.82, 2.24) is 4.98 Å². The molecule has 0 aliphatic carbocycles. The standard InChI is InChI=1S/C15H17NO/c1-11-5-6-14(12(2)8-11)15(17)9-13-4-3-7-16-10-13/h3-8,10,15,17H,9H2,1-2H3. The number of hydrogen-bond acceptors (Lipinski definition) is 2. The van der Waals surface area contributed by atoms with E-state index in [1.807, 2.05) is 31.2 Å². The van der Waals surface area contributed by atoms with Gasteiger partial charge in [-0.15, -0.1) is 0 Å². The van der Waals surface area contributed by atoms with E-state index in [2.05, 4.69) is 18.0 Å². The Balaban J connectivity index is 2.17. The van der Waals surface area contributed by atoms with Crippen LogP contribution >= 0.6 is 0 Å². The third-order valence-corrected chi connectivity index (χ3v) is 2.94. The van der Waals surface area contributed by atoms with Crippen molar-refractivity contribution in [1.29, 1.82) is 0 Å². The first-order valence-corrected chi connectivity index (χ1v) is 5.81. The topological polar surface area (TPSA) is 33.1 Å². The second-order valence-electron chi connectivity index (χ2n) is 4.44. The van der Waals surface area contributed by atoms with Crippen molar-refractivity contribution < 1.29 is 5.11 Å². The Morgan fingerprint density at radius 3 is 2.71 bits per heavy atom. The van der Waals surface area contributed by atoms with E-state index in [4.69, 9.17) is 0 Å². The van der Waals surface area contributed by atoms with Gasteiger partial charge in [-0.2, -0.15) is 0 Å². The highest BCUT2D eigenvalue weighted by atomic mass is 16.3. The van der Waals surface area contributed by atoms with E-state index in [-0.39, 0.29) is 0 Å². The van der Waals surface area contributed by atoms with Gasteiger partial charge in [-0.1, -0.05) is 29.8 Å². The summed E-state index contributed by atoms with van der Waals surface area (Å²) in [7, 11) is 0. The van der Waals surface area contributed by atoms with Gasteiger partial charge in [0.1, 0.15) is 0 Å². The second kappa shape index (κ2) is 5.11. The van der Waals surface area contributed by atoms with E-state index in [9.17, 15) is 5.11 Å². The summed E-state index contributed by atoms with van der Waals surface area (Å²) in [6.45, 7) is 4.10. The number of pyridine rings is 1. The normalized spacial score (nSPS) is 12.4. The molecular formula is C15H17NO. The van der Waals surface area contributed by atoms with E-state index in [1.54, 1.807) is 12.4 Å². The van der Waals surface area contributed by atoms with Gasteiger partial charge < -0.3 is 5.11 Å². The molecular weight excluding hydrogens is 210 g/mol. The van der Waals surface area contributed by atoms with Crippen LogP contribution in [0.3, 0.4) is 0 Å². The average Bonchev–Trinajstić information content (AvgIpc) is 2.30. The van der Waals surface area contributed by atoms with Crippen molar-refractivity contribution in [3.8, 4) is 0 Å². The molecule has 0 bridgehead atoms. The first-order valence-electron chi connectivity index (χ1n) is 5.81. The van der Waals surface area contributed by atoms with Crippen molar-refractivity contribution in [2.24, 2.45) is 0 Å². The number of aliphatic hydroxyl groups is 1. The predicted molar refractivity (Wildman–Crippen MR) is 68.8 cm³/mol. The Morgan fingerprint density at radius 2 is 2.06 bits per heavy atom. The smallest absolute Gasteiger partial charge is 0.0833 e. The molecule has 0 amide bonds. The second-order valence-corrected chi connectivity index (χ2v) is 4.44. The molecule has 1 heterocycles. The number of rotatable bonds is 3. The summed E-state index contributed by atoms with van der Waals surface area (Å²) in [5.41, 5.74) is 4.42. The number of aryl methyl sites for hydroxylation is 2. The van der Waals surface area contributed by atoms with Crippen molar-refractivity contribution in [3.05, 3.63) is 65.0 Å². The molecule has 2 rings (SSSR count). The van der Waals surface area contributed by atoms with Crippen LogP contribution in [0.5, 0.6) is 0 Å². The highest BCUT2D eigenvalue weighted by Gasteiger charge is 2.11. The zero-order valence-electron chi connectivity index (χ0n) is 10.2. The fourth-order valence-electron chi connectivity index (χ4n) is 2.05. The molecule has 2 heteroatoms. The van der Waals surface area contributed by atoms with Crippen LogP contribution < -0.4 is 0 Å². The maximum atomic E-state index is 10.2. The first kappa shape index (κ1) is 11.8. The molecule has 17 heavy (non-hydrogen) atoms. The highest BCUT2D eigenvalue weighted by molar-refractivity contribution is 5.32. The van der Waals surface area contributed by atoms with Crippen molar-refractivity contribution in [2.45, 2.75) is 26.4 Å². The quantitative estimate of drug-likeness (QED) is 0.874. The number of aliphatic hydroxyl groups excluding tert-OH is 1. The lowest BCUT2D eigenvalue weighted by atomic mass is 9.97. The van der Waals surface area contributed by atoms with Gasteiger partial charge in [-0.25, -0.2) is 0 Å². The predicted octanol–water partition coefficient (Wildman–Crippen LogP) is 2.97. The molecule has 1 N–H and O–H groups in total. The third kappa shape index (κ3) is 2.92. The van der Waals surface area contributed by atoms with Crippen LogP contribution in [0.4, 0.5) is 0 Å². The molecule has 88 valence electrons. The van der Waals surface area contributed by atoms with Crippen LogP contribution in [-0.4, -0.2) is 10.1 Å². The number of aromatic nitrogens is 1. The first-order chi connectivity index (χ1) is 8.16. The minimum Gasteiger partial charge on any atom is -0.388 e. The number of nitrogens with zero attached hydrogens (tertiary/aromatic N) is 1. The molecule has 0 aliphatic heterocycles. The third-order valence-electron chi connectivity index (χ3n) is 2.94. The summed E-state index contributed by atoms with van der Waals surface area (Å²) in [4.78, 5) is 4.06. The lowest BCUT2D eigenvalue weighted by molar-refractivity contribution is 0.177. The average molecular weight is 227 g/mol. The van der Waals surface area contributed by atoms with E-state index >= 15 is 0 Å². The highest BCUT2D eigenvalue weighted by Crippen LogP contribution is 2.22. The summed E-state index contributed by atoms with van der Waals surface area (Å²) >= 11 is 0. The molecule has 0 saturated carbocycles. The maximum absolute atomic E-state index is 10.2. The fourth-order valence-corrected chi connectivity index (χ4v) is 2.05. The minimum absolute atomic E-state index is 0.459. The number of benzene rings is 1. The molecule has 1 unspecified atom stereocenters. The van der Waals surface area contributed by atoms with Crippen molar-refractivity contribution in [3.63, 3.8) is 0 Å². The molecule has 0 spiro atoms. The molecule has 2 nitrogen and oxygen atoms in total. The van der Waals surface area contributed by atoms with Crippen LogP contribution in [0.1, 0.15) is 28.4 Å². The van der Waals surface area contributed by atoms with Gasteiger partial charge in [0.25, 0.3) is 0 Å². The molecule has 1 atom stereocenters. The lowest BCUT2D eigenvalue weighted by Crippen LogP contribution is -2.04. The summed E-state index contributed by atoms with van der Waals surface area (Å²) in [5, 5.41) is 10.2. The van der Waals surface area contributed by atoms with Gasteiger partial charge in [0.15, 0.2) is 0 Å². The van der Waals surface area contributed by atoms with Gasteiger partial charge in [-0.3, -0.25) is 4.98 Å². The molecule has 0 radical (unpaired) electrons. The van der Waals surface area contributed by atoms with E-state index in [1.165, 1.54) is 5.56 Å². The van der Waals surface area contributed by atoms with Crippen LogP contribution in [0.2, 0.25) is 0 Å². The van der Waals surface area contributed by atoms with Crippen LogP contribution in [0, 0.1) is 13.8 Å². The zero-order valence-corrected chi connectivity index (χ0v) is 10.2. The van der Waals surface area contributed by atoms with Gasteiger partial charge in [0.05, 0.1) is 6.10 Å². The summed E-state index contributed by atoms with van der Waals surface area (Å²) in [6.07, 6.45) is 3.69. The Labute approximate surface area is 102 Å². The Kier molecular flexibility index (Phi) is 3.55. The Morgan fingerprint density at radius 1 is 1.24 bits per heavy atom. The summed E-state index contributed by atoms with van der Waals surface area (Å²) < 4.78 is 0. The molecule has 0 saturated heterocycles. The SMILES string of the molecule is Cc1ccc(C(O)Cc2cccnc2)c(C)c1. The van der Waals surface area contributed by atoms with Crippen LogP contribution in [0.15, 0.2) is 42.7 Å². The van der Waals surface area contributed by atoms with Crippen LogP contribution in [0.25, 0.3) is 0 Å². The molecule has 2 aromatic rings. The van der Waals surface area contributed by atoms with Gasteiger partial charge in [0, 0.05) is 18.8 Å². The Bertz CT molecular complexity index is 494. The molecule has 0 aliphatic rings.